The molecule has 9 heteroatoms. The molecular formula is C18H19Cl2N3O3S. The number of benzene rings is 2. The lowest BCUT2D eigenvalue weighted by Crippen LogP contribution is -2.36. The summed E-state index contributed by atoms with van der Waals surface area (Å²) in [7, 11) is -2.69. The van der Waals surface area contributed by atoms with E-state index in [1.165, 1.54) is 37.0 Å². The Morgan fingerprint density at radius 3 is 2.48 bits per heavy atom. The summed E-state index contributed by atoms with van der Waals surface area (Å²) in [5, 5.41) is 4.10. The fraction of sp³-hybridized carbons (Fsp3) is 0.222. The lowest BCUT2D eigenvalue weighted by molar-refractivity contribution is -0.121. The molecular weight excluding hydrogens is 409 g/mol. The van der Waals surface area contributed by atoms with E-state index >= 15 is 0 Å². The molecule has 0 aliphatic heterocycles. The first-order valence-corrected chi connectivity index (χ1v) is 10.3. The SMILES string of the molecule is CCc1ccc(/C=N\NC(=O)CN(C)S(=O)(=O)c2cc(Cl)ccc2Cl)cc1. The standard InChI is InChI=1S/C18H19Cl2N3O3S/c1-3-13-4-6-14(7-5-13)11-21-22-18(24)12-23(2)27(25,26)17-10-15(19)8-9-16(17)20/h4-11H,3,12H2,1-2H3,(H,22,24)/b21-11-. The maximum Gasteiger partial charge on any atom is 0.255 e. The van der Waals surface area contributed by atoms with Gasteiger partial charge in [0.1, 0.15) is 4.90 Å². The number of hydrazone groups is 1. The van der Waals surface area contributed by atoms with E-state index in [-0.39, 0.29) is 14.9 Å². The van der Waals surface area contributed by atoms with E-state index in [9.17, 15) is 13.2 Å². The van der Waals surface area contributed by atoms with Crippen LogP contribution in [0.5, 0.6) is 0 Å². The van der Waals surface area contributed by atoms with Crippen LogP contribution < -0.4 is 5.43 Å². The summed E-state index contributed by atoms with van der Waals surface area (Å²) >= 11 is 11.8. The Kier molecular flexibility index (Phi) is 7.38. The first-order chi connectivity index (χ1) is 12.7. The molecule has 2 aromatic carbocycles. The number of hydrogen-bond donors (Lipinski definition) is 1. The van der Waals surface area contributed by atoms with Crippen molar-refractivity contribution >= 4 is 45.3 Å². The maximum atomic E-state index is 12.6. The predicted octanol–water partition coefficient (Wildman–Crippen LogP) is 3.33. The van der Waals surface area contributed by atoms with Gasteiger partial charge >= 0.3 is 0 Å². The number of hydrogen-bond acceptors (Lipinski definition) is 4. The van der Waals surface area contributed by atoms with Crippen molar-refractivity contribution in [3.05, 3.63) is 63.6 Å². The number of sulfonamides is 1. The van der Waals surface area contributed by atoms with Crippen molar-refractivity contribution in [3.63, 3.8) is 0 Å². The number of halogens is 2. The van der Waals surface area contributed by atoms with E-state index in [0.717, 1.165) is 16.3 Å². The summed E-state index contributed by atoms with van der Waals surface area (Å²) in [5.41, 5.74) is 4.32. The zero-order chi connectivity index (χ0) is 20.0. The first kappa shape index (κ1) is 21.4. The lowest BCUT2D eigenvalue weighted by atomic mass is 10.1. The summed E-state index contributed by atoms with van der Waals surface area (Å²) < 4.78 is 26.0. The Hall–Kier alpha value is -1.93. The van der Waals surface area contributed by atoms with Crippen molar-refractivity contribution in [2.75, 3.05) is 13.6 Å². The van der Waals surface area contributed by atoms with Crippen LogP contribution in [0.2, 0.25) is 10.0 Å². The van der Waals surface area contributed by atoms with Gasteiger partial charge in [0.25, 0.3) is 5.91 Å². The van der Waals surface area contributed by atoms with Crippen molar-refractivity contribution in [2.24, 2.45) is 5.10 Å². The van der Waals surface area contributed by atoms with Gasteiger partial charge in [-0.3, -0.25) is 4.79 Å². The van der Waals surface area contributed by atoms with Crippen molar-refractivity contribution in [3.8, 4) is 0 Å². The van der Waals surface area contributed by atoms with Crippen molar-refractivity contribution in [2.45, 2.75) is 18.2 Å². The summed E-state index contributed by atoms with van der Waals surface area (Å²) in [6.07, 6.45) is 2.42. The highest BCUT2D eigenvalue weighted by Gasteiger charge is 2.25. The van der Waals surface area contributed by atoms with E-state index in [4.69, 9.17) is 23.2 Å². The van der Waals surface area contributed by atoms with Gasteiger partial charge < -0.3 is 0 Å². The number of rotatable bonds is 7. The molecule has 1 N–H and O–H groups in total. The third-order valence-electron chi connectivity index (χ3n) is 3.74. The van der Waals surface area contributed by atoms with Gasteiger partial charge in [0.05, 0.1) is 17.8 Å². The summed E-state index contributed by atoms with van der Waals surface area (Å²) in [4.78, 5) is 11.8. The van der Waals surface area contributed by atoms with Gasteiger partial charge in [-0.25, -0.2) is 13.8 Å². The third-order valence-corrected chi connectivity index (χ3v) is 6.26. The Bertz CT molecular complexity index is 945. The number of amides is 1. The molecule has 0 spiro atoms. The topological polar surface area (TPSA) is 78.8 Å². The van der Waals surface area contributed by atoms with Crippen LogP contribution in [0.3, 0.4) is 0 Å². The van der Waals surface area contributed by atoms with Crippen LogP contribution >= 0.6 is 23.2 Å². The molecule has 0 atom stereocenters. The minimum atomic E-state index is -3.97. The summed E-state index contributed by atoms with van der Waals surface area (Å²) in [5.74, 6) is -0.583. The average Bonchev–Trinajstić information content (AvgIpc) is 2.64. The normalized spacial score (nSPS) is 11.9. The molecule has 0 aliphatic carbocycles. The van der Waals surface area contributed by atoms with Gasteiger partial charge in [0.15, 0.2) is 0 Å². The Labute approximate surface area is 168 Å². The van der Waals surface area contributed by atoms with Crippen LogP contribution in [0.25, 0.3) is 0 Å². The quantitative estimate of drug-likeness (QED) is 0.543. The molecule has 2 aromatic rings. The second-order valence-corrected chi connectivity index (χ2v) is 8.58. The zero-order valence-corrected chi connectivity index (χ0v) is 17.1. The molecule has 0 aliphatic rings. The Balaban J connectivity index is 1.99. The average molecular weight is 428 g/mol. The molecule has 0 saturated carbocycles. The molecule has 0 saturated heterocycles. The highest BCUT2D eigenvalue weighted by molar-refractivity contribution is 7.89. The lowest BCUT2D eigenvalue weighted by Gasteiger charge is -2.17. The van der Waals surface area contributed by atoms with Gasteiger partial charge in [-0.15, -0.1) is 0 Å². The van der Waals surface area contributed by atoms with E-state index in [1.807, 2.05) is 24.3 Å². The molecule has 0 fully saturated rings. The van der Waals surface area contributed by atoms with Gasteiger partial charge in [0.2, 0.25) is 10.0 Å². The number of nitrogens with zero attached hydrogens (tertiary/aromatic N) is 2. The largest absolute Gasteiger partial charge is 0.272 e. The minimum absolute atomic E-state index is 0.0280. The van der Waals surface area contributed by atoms with E-state index in [1.54, 1.807) is 0 Å². The van der Waals surface area contributed by atoms with Crippen molar-refractivity contribution in [1.82, 2.24) is 9.73 Å². The van der Waals surface area contributed by atoms with E-state index in [2.05, 4.69) is 17.5 Å². The van der Waals surface area contributed by atoms with Crippen LogP contribution in [0.4, 0.5) is 0 Å². The highest BCUT2D eigenvalue weighted by atomic mass is 35.5. The Morgan fingerprint density at radius 2 is 1.85 bits per heavy atom. The first-order valence-electron chi connectivity index (χ1n) is 8.06. The molecule has 144 valence electrons. The minimum Gasteiger partial charge on any atom is -0.272 e. The van der Waals surface area contributed by atoms with Gasteiger partial charge in [0, 0.05) is 12.1 Å². The number of aryl methyl sites for hydroxylation is 1. The Morgan fingerprint density at radius 1 is 1.19 bits per heavy atom. The number of nitrogens with one attached hydrogen (secondary N) is 1. The fourth-order valence-electron chi connectivity index (χ4n) is 2.18. The van der Waals surface area contributed by atoms with E-state index < -0.39 is 22.5 Å². The van der Waals surface area contributed by atoms with Crippen molar-refractivity contribution in [1.29, 1.82) is 0 Å². The van der Waals surface area contributed by atoms with E-state index in [0.29, 0.717) is 0 Å². The fourth-order valence-corrected chi connectivity index (χ4v) is 4.04. The van der Waals surface area contributed by atoms with Crippen molar-refractivity contribution < 1.29 is 13.2 Å². The van der Waals surface area contributed by atoms with Gasteiger partial charge in [-0.2, -0.15) is 9.41 Å². The van der Waals surface area contributed by atoms with Crippen LogP contribution in [-0.2, 0) is 21.2 Å². The molecule has 27 heavy (non-hydrogen) atoms. The number of carbonyl (C=O) groups excluding carboxylic acids is 1. The maximum absolute atomic E-state index is 12.6. The smallest absolute Gasteiger partial charge is 0.255 e. The van der Waals surface area contributed by atoms with Crippen LogP contribution in [0.1, 0.15) is 18.1 Å². The van der Waals surface area contributed by atoms with Gasteiger partial charge in [-0.05, 0) is 35.7 Å². The summed E-state index contributed by atoms with van der Waals surface area (Å²) in [6.45, 7) is 1.64. The molecule has 6 nitrogen and oxygen atoms in total. The van der Waals surface area contributed by atoms with Crippen LogP contribution in [-0.4, -0.2) is 38.4 Å². The second-order valence-electron chi connectivity index (χ2n) is 5.72. The number of likely N-dealkylation sites (N-methyl/N-ethyl adjacent to an activating group) is 1. The van der Waals surface area contributed by atoms with Crippen LogP contribution in [0.15, 0.2) is 52.5 Å². The highest BCUT2D eigenvalue weighted by Crippen LogP contribution is 2.27. The molecule has 0 bridgehead atoms. The third kappa shape index (κ3) is 5.77. The molecule has 2 rings (SSSR count). The summed E-state index contributed by atoms with van der Waals surface area (Å²) in [6, 6.07) is 11.8. The second kappa shape index (κ2) is 9.32. The molecule has 0 heterocycles. The predicted molar refractivity (Wildman–Crippen MR) is 108 cm³/mol. The monoisotopic (exact) mass is 427 g/mol. The number of carbonyl (C=O) groups is 1. The van der Waals surface area contributed by atoms with Crippen LogP contribution in [0, 0.1) is 0 Å². The molecule has 0 radical (unpaired) electrons. The van der Waals surface area contributed by atoms with Gasteiger partial charge in [-0.1, -0.05) is 54.4 Å². The molecule has 0 aromatic heterocycles. The molecule has 0 unspecified atom stereocenters. The molecule has 1 amide bonds. The zero-order valence-electron chi connectivity index (χ0n) is 14.8.